The van der Waals surface area contributed by atoms with E-state index in [-0.39, 0.29) is 48.2 Å². The molecule has 8 nitrogen and oxygen atoms in total. The van der Waals surface area contributed by atoms with Crippen molar-refractivity contribution in [2.24, 2.45) is 0 Å². The fourth-order valence-corrected chi connectivity index (χ4v) is 3.92. The third-order valence-corrected chi connectivity index (χ3v) is 5.55. The number of ether oxygens (including phenoxy) is 1. The first-order chi connectivity index (χ1) is 16.0. The normalized spacial score (nSPS) is 18.1. The zero-order chi connectivity index (χ0) is 24.6. The summed E-state index contributed by atoms with van der Waals surface area (Å²) in [6.07, 6.45) is -4.54. The van der Waals surface area contributed by atoms with Crippen LogP contribution in [0.2, 0.25) is 0 Å². The summed E-state index contributed by atoms with van der Waals surface area (Å²) in [5.74, 6) is -3.21. The van der Waals surface area contributed by atoms with Crippen molar-refractivity contribution in [3.8, 4) is 5.75 Å². The summed E-state index contributed by atoms with van der Waals surface area (Å²) in [4.78, 5) is 62.3. The molecule has 176 valence electrons. The van der Waals surface area contributed by atoms with Gasteiger partial charge >= 0.3 is 6.36 Å². The molecule has 0 saturated carbocycles. The van der Waals surface area contributed by atoms with Gasteiger partial charge in [-0.25, -0.2) is 0 Å². The van der Waals surface area contributed by atoms with Gasteiger partial charge in [-0.05, 0) is 54.8 Å². The van der Waals surface area contributed by atoms with E-state index in [2.05, 4.69) is 10.1 Å². The van der Waals surface area contributed by atoms with Gasteiger partial charge in [-0.1, -0.05) is 6.07 Å². The van der Waals surface area contributed by atoms with Gasteiger partial charge in [0.1, 0.15) is 11.8 Å². The fraction of sp³-hybridized carbons (Fsp3) is 0.261. The maximum Gasteiger partial charge on any atom is 0.573 e. The Morgan fingerprint density at radius 1 is 1.00 bits per heavy atom. The number of amides is 4. The number of halogens is 3. The molecular weight excluding hydrogens is 457 g/mol. The molecule has 2 heterocycles. The molecule has 1 saturated heterocycles. The quantitative estimate of drug-likeness (QED) is 0.509. The number of fused-ring (bicyclic) bond motifs is 1. The lowest BCUT2D eigenvalue weighted by molar-refractivity contribution is -0.274. The van der Waals surface area contributed by atoms with E-state index < -0.39 is 41.8 Å². The first-order valence-corrected chi connectivity index (χ1v) is 10.3. The molecule has 0 spiro atoms. The molecule has 2 aromatic rings. The molecule has 34 heavy (non-hydrogen) atoms. The van der Waals surface area contributed by atoms with Gasteiger partial charge in [0.2, 0.25) is 11.8 Å². The molecule has 11 heteroatoms. The Balaban J connectivity index is 1.42. The Bertz CT molecular complexity index is 1210. The highest BCUT2D eigenvalue weighted by molar-refractivity contribution is 6.23. The van der Waals surface area contributed by atoms with Crippen LogP contribution in [0.5, 0.6) is 5.75 Å². The number of hydrogen-bond donors (Lipinski definition) is 1. The van der Waals surface area contributed by atoms with Crippen molar-refractivity contribution in [3.05, 3.63) is 64.7 Å². The summed E-state index contributed by atoms with van der Waals surface area (Å²) in [6.45, 7) is 0. The molecule has 4 amide bonds. The summed E-state index contributed by atoms with van der Waals surface area (Å²) in [6, 6.07) is 8.00. The number of carbonyl (C=O) groups excluding carboxylic acids is 5. The smallest absolute Gasteiger partial charge is 0.406 e. The minimum Gasteiger partial charge on any atom is -0.406 e. The molecule has 0 radical (unpaired) electrons. The summed E-state index contributed by atoms with van der Waals surface area (Å²) in [5, 5.41) is 2.12. The van der Waals surface area contributed by atoms with E-state index in [4.69, 9.17) is 0 Å². The van der Waals surface area contributed by atoms with E-state index in [0.29, 0.717) is 5.56 Å². The number of alkyl halides is 3. The van der Waals surface area contributed by atoms with Gasteiger partial charge in [0, 0.05) is 18.4 Å². The van der Waals surface area contributed by atoms with Crippen molar-refractivity contribution < 1.29 is 41.9 Å². The molecule has 0 aliphatic carbocycles. The zero-order valence-electron chi connectivity index (χ0n) is 17.5. The van der Waals surface area contributed by atoms with E-state index >= 15 is 0 Å². The van der Waals surface area contributed by atoms with E-state index in [1.165, 1.54) is 24.3 Å². The summed E-state index contributed by atoms with van der Waals surface area (Å²) in [7, 11) is 0. The van der Waals surface area contributed by atoms with Crippen LogP contribution in [0, 0.1) is 0 Å². The van der Waals surface area contributed by atoms with Crippen LogP contribution in [0.4, 0.5) is 13.2 Å². The van der Waals surface area contributed by atoms with Crippen LogP contribution < -0.4 is 10.1 Å². The molecule has 0 bridgehead atoms. The number of piperidine rings is 1. The molecule has 1 atom stereocenters. The van der Waals surface area contributed by atoms with Crippen LogP contribution in [0.1, 0.15) is 55.9 Å². The lowest BCUT2D eigenvalue weighted by Gasteiger charge is -2.27. The fourth-order valence-electron chi connectivity index (χ4n) is 3.92. The number of carbonyl (C=O) groups is 5. The van der Waals surface area contributed by atoms with Gasteiger partial charge in [0.05, 0.1) is 11.1 Å². The molecular formula is C23H17F3N2O6. The molecule has 0 aromatic heterocycles. The van der Waals surface area contributed by atoms with Gasteiger partial charge in [-0.2, -0.15) is 0 Å². The number of nitrogens with zero attached hydrogens (tertiary/aromatic N) is 1. The molecule has 2 aliphatic heterocycles. The third-order valence-electron chi connectivity index (χ3n) is 5.55. The first kappa shape index (κ1) is 23.1. The first-order valence-electron chi connectivity index (χ1n) is 10.3. The van der Waals surface area contributed by atoms with Gasteiger partial charge in [0.25, 0.3) is 11.8 Å². The number of aryl methyl sites for hydroxylation is 1. The number of hydrogen-bond acceptors (Lipinski definition) is 6. The minimum absolute atomic E-state index is 0.0112. The van der Waals surface area contributed by atoms with Crippen molar-refractivity contribution in [1.29, 1.82) is 0 Å². The number of Topliss-reactive ketones (excluding diaryl/α,β-unsaturated/α-hetero) is 1. The van der Waals surface area contributed by atoms with Crippen LogP contribution in [0.3, 0.4) is 0 Å². The lowest BCUT2D eigenvalue weighted by Crippen LogP contribution is -2.54. The lowest BCUT2D eigenvalue weighted by atomic mass is 9.99. The maximum atomic E-state index is 12.9. The third kappa shape index (κ3) is 4.68. The van der Waals surface area contributed by atoms with Crippen molar-refractivity contribution in [2.75, 3.05) is 0 Å². The second-order valence-electron chi connectivity index (χ2n) is 7.82. The van der Waals surface area contributed by atoms with E-state index in [9.17, 15) is 37.1 Å². The van der Waals surface area contributed by atoms with Gasteiger partial charge in [-0.15, -0.1) is 13.2 Å². The summed E-state index contributed by atoms with van der Waals surface area (Å²) in [5.41, 5.74) is 1.03. The Labute approximate surface area is 190 Å². The highest BCUT2D eigenvalue weighted by atomic mass is 19.4. The molecule has 1 unspecified atom stereocenters. The molecule has 1 N–H and O–H groups in total. The predicted octanol–water partition coefficient (Wildman–Crippen LogP) is 2.80. The number of rotatable bonds is 6. The standard InChI is InChI=1S/C23H17F3N2O6/c24-23(25,26)34-14-5-3-13(4-6-14)18(29)9-2-12-1-7-15-16(11-12)22(33)28(21(15)32)17-8-10-19(30)27-20(17)31/h1,3-7,11,17H,2,8-10H2,(H,27,30,31). The highest BCUT2D eigenvalue weighted by Gasteiger charge is 2.44. The summed E-state index contributed by atoms with van der Waals surface area (Å²) < 4.78 is 40.5. The number of ketones is 1. The van der Waals surface area contributed by atoms with Crippen LogP contribution in [-0.4, -0.2) is 46.7 Å². The molecule has 2 aromatic carbocycles. The van der Waals surface area contributed by atoms with E-state index in [0.717, 1.165) is 17.0 Å². The van der Waals surface area contributed by atoms with Gasteiger partial charge in [-0.3, -0.25) is 34.2 Å². The van der Waals surface area contributed by atoms with Crippen molar-refractivity contribution in [3.63, 3.8) is 0 Å². The number of nitrogens with one attached hydrogen (secondary N) is 1. The second-order valence-corrected chi connectivity index (χ2v) is 7.82. The van der Waals surface area contributed by atoms with Crippen molar-refractivity contribution in [2.45, 2.75) is 38.1 Å². The second kappa shape index (κ2) is 8.73. The average molecular weight is 474 g/mol. The van der Waals surface area contributed by atoms with Gasteiger partial charge < -0.3 is 4.74 Å². The zero-order valence-corrected chi connectivity index (χ0v) is 17.5. The Morgan fingerprint density at radius 3 is 2.32 bits per heavy atom. The van der Waals surface area contributed by atoms with E-state index in [1.54, 1.807) is 6.07 Å². The molecule has 1 fully saturated rings. The number of benzene rings is 2. The van der Waals surface area contributed by atoms with Crippen molar-refractivity contribution >= 4 is 29.4 Å². The van der Waals surface area contributed by atoms with Crippen LogP contribution in [0.15, 0.2) is 42.5 Å². The predicted molar refractivity (Wildman–Crippen MR) is 109 cm³/mol. The SMILES string of the molecule is O=C1CCC(N2C(=O)c3ccc(CCC(=O)c4ccc(OC(F)(F)F)cc4)cc3C2=O)C(=O)N1. The monoisotopic (exact) mass is 474 g/mol. The maximum absolute atomic E-state index is 12.9. The minimum atomic E-state index is -4.83. The Hall–Kier alpha value is -4.02. The number of imide groups is 2. The van der Waals surface area contributed by atoms with Crippen LogP contribution >= 0.6 is 0 Å². The van der Waals surface area contributed by atoms with Crippen LogP contribution in [-0.2, 0) is 16.0 Å². The van der Waals surface area contributed by atoms with Gasteiger partial charge in [0.15, 0.2) is 5.78 Å². The molecule has 2 aliphatic rings. The average Bonchev–Trinajstić information content (AvgIpc) is 3.01. The summed E-state index contributed by atoms with van der Waals surface area (Å²) >= 11 is 0. The highest BCUT2D eigenvalue weighted by Crippen LogP contribution is 2.29. The largest absolute Gasteiger partial charge is 0.573 e. The Morgan fingerprint density at radius 2 is 1.68 bits per heavy atom. The van der Waals surface area contributed by atoms with Crippen molar-refractivity contribution in [1.82, 2.24) is 10.2 Å². The van der Waals surface area contributed by atoms with E-state index in [1.807, 2.05) is 0 Å². The topological polar surface area (TPSA) is 110 Å². The molecule has 4 rings (SSSR count). The Kier molecular flexibility index (Phi) is 5.94. The van der Waals surface area contributed by atoms with Crippen LogP contribution in [0.25, 0.3) is 0 Å².